The number of carboxylic acid groups (broad SMARTS) is 2. The largest absolute Gasteiger partial charge is 1.00 e. The smallest absolute Gasteiger partial charge is 0.550 e. The average molecular weight is 1060 g/mol. The molecule has 0 aliphatic carbocycles. The van der Waals surface area contributed by atoms with Crippen molar-refractivity contribution in [3.8, 4) is 0 Å². The maximum atomic E-state index is 11.5. The van der Waals surface area contributed by atoms with E-state index in [0.717, 1.165) is 0 Å². The predicted molar refractivity (Wildman–Crippen MR) is 182 cm³/mol. The van der Waals surface area contributed by atoms with Gasteiger partial charge in [0.25, 0.3) is 0 Å². The van der Waals surface area contributed by atoms with E-state index in [0.29, 0.717) is 5.57 Å². The van der Waals surface area contributed by atoms with E-state index >= 15 is 0 Å². The molecule has 330 valence electrons. The van der Waals surface area contributed by atoms with Crippen LogP contribution in [0.3, 0.4) is 0 Å². The first-order chi connectivity index (χ1) is 22.7. The number of nitrogens with two attached hydrogens (primary N) is 6. The van der Waals surface area contributed by atoms with E-state index in [-0.39, 0.29) is 123 Å². The van der Waals surface area contributed by atoms with Crippen molar-refractivity contribution in [3.05, 3.63) is 12.2 Å². The van der Waals surface area contributed by atoms with Crippen molar-refractivity contribution in [3.63, 3.8) is 0 Å². The molecule has 0 aromatic heterocycles. The van der Waals surface area contributed by atoms with Crippen LogP contribution < -0.4 is 44.6 Å². The fourth-order valence-electron chi connectivity index (χ4n) is 3.31. The van der Waals surface area contributed by atoms with Crippen LogP contribution in [0.1, 0.15) is 93.9 Å². The van der Waals surface area contributed by atoms with E-state index in [1.807, 2.05) is 20.8 Å². The quantitative estimate of drug-likeness (QED) is 0.0376. The molecule has 0 heterocycles. The van der Waals surface area contributed by atoms with Crippen LogP contribution in [-0.4, -0.2) is 99.3 Å². The third kappa shape index (κ3) is 35.9. The van der Waals surface area contributed by atoms with E-state index in [1.165, 1.54) is 6.92 Å². The van der Waals surface area contributed by atoms with E-state index in [9.17, 15) is 54.0 Å². The summed E-state index contributed by atoms with van der Waals surface area (Å²) in [6.45, 7) is 16.9. The Labute approximate surface area is 364 Å². The Kier molecular flexibility index (Phi) is 38.8. The second kappa shape index (κ2) is 31.3. The molecule has 54 heavy (non-hydrogen) atoms. The summed E-state index contributed by atoms with van der Waals surface area (Å²) in [4.78, 5) is 73.6. The number of aliphatic carboxylic acids is 2. The van der Waals surface area contributed by atoms with Gasteiger partial charge in [0.05, 0.1) is 24.7 Å². The molecule has 0 spiro atoms. The van der Waals surface area contributed by atoms with Gasteiger partial charge in [0.15, 0.2) is 5.78 Å². The van der Waals surface area contributed by atoms with Gasteiger partial charge in [0.1, 0.15) is 17.8 Å². The summed E-state index contributed by atoms with van der Waals surface area (Å²) in [5.74, 6) is -5.38. The summed E-state index contributed by atoms with van der Waals surface area (Å²) in [5.41, 5.74) is 26.8. The number of carbonyl (C=O) groups excluding carboxylic acids is 7. The minimum absolute atomic E-state index is 0. The molecule has 0 aliphatic rings. The fraction of sp³-hybridized carbons (Fsp3) is 0.719. The van der Waals surface area contributed by atoms with Crippen LogP contribution in [0.4, 0.5) is 0 Å². The maximum Gasteiger partial charge on any atom is 1.00 e. The van der Waals surface area contributed by atoms with Crippen LogP contribution >= 0.6 is 0 Å². The Morgan fingerprint density at radius 2 is 0.926 bits per heavy atom. The average Bonchev–Trinajstić information content (AvgIpc) is 2.99. The van der Waals surface area contributed by atoms with E-state index < -0.39 is 77.0 Å². The first-order valence-electron chi connectivity index (χ1n) is 15.7. The molecule has 2 radical (unpaired) electrons. The molecule has 0 saturated heterocycles. The van der Waals surface area contributed by atoms with Gasteiger partial charge in [-0.3, -0.25) is 24.0 Å². The number of Topliss-reactive ketones (excluding diaryl/α,β-unsaturated/α-hetero) is 1. The third-order valence-electron chi connectivity index (χ3n) is 6.62. The van der Waals surface area contributed by atoms with Crippen molar-refractivity contribution in [2.24, 2.45) is 45.2 Å². The van der Waals surface area contributed by atoms with Crippen LogP contribution in [0.15, 0.2) is 12.2 Å². The standard InChI is InChI=1S/C14H26N2O4.C8H16O3.2C5H10N2O3.3Ag/c1-9(13(2,3)4)14(5,19)8-20-11(17)7-6-10(15)12(16)18;1-7(2,3)6(10)8(4,11)5-9;2*6-3(5(7)10)1-2-4(8)9;;;/h10,19H,1,6-8,15H2,2-5H3,(H2,16,18);9,11H,5H2,1-4H3;2*3H,1-2,6H2,(H2,7,10)(H,8,9);;;/q;;;;;;+1/p-2. The van der Waals surface area contributed by atoms with Gasteiger partial charge in [-0.25, -0.2) is 0 Å². The number of aliphatic hydroxyl groups is 3. The van der Waals surface area contributed by atoms with Crippen molar-refractivity contribution in [2.75, 3.05) is 13.2 Å². The molecule has 19 nitrogen and oxygen atoms in total. The molecule has 15 N–H and O–H groups in total. The molecule has 0 fully saturated rings. The molecule has 0 aromatic carbocycles. The Morgan fingerprint density at radius 3 is 1.13 bits per heavy atom. The number of carboxylic acids is 2. The molecule has 22 heteroatoms. The number of hydrogen-bond acceptors (Lipinski definition) is 16. The molecule has 5 atom stereocenters. The minimum atomic E-state index is -1.60. The second-order valence-electron chi connectivity index (χ2n) is 14.1. The molecular weight excluding hydrogens is 1000 g/mol. The first-order valence-corrected chi connectivity index (χ1v) is 15.7. The topological polar surface area (TPSA) is 392 Å². The van der Waals surface area contributed by atoms with Crippen LogP contribution in [-0.2, 0) is 105 Å². The van der Waals surface area contributed by atoms with Gasteiger partial charge < -0.3 is 74.3 Å². The van der Waals surface area contributed by atoms with Crippen molar-refractivity contribution < 1.29 is 131 Å². The van der Waals surface area contributed by atoms with E-state index in [2.05, 4.69) is 6.58 Å². The molecule has 0 bridgehead atoms. The molecular formula is C32H60Ag3N6O13-. The number of rotatable bonds is 17. The number of aliphatic hydroxyl groups excluding tert-OH is 1. The first kappa shape index (κ1) is 67.0. The van der Waals surface area contributed by atoms with Crippen LogP contribution in [0.5, 0.6) is 0 Å². The van der Waals surface area contributed by atoms with Crippen LogP contribution in [0, 0.1) is 10.8 Å². The number of hydrogen-bond donors (Lipinski definition) is 9. The zero-order valence-corrected chi connectivity index (χ0v) is 36.3. The number of esters is 1. The van der Waals surface area contributed by atoms with Gasteiger partial charge in [-0.05, 0) is 56.9 Å². The van der Waals surface area contributed by atoms with Gasteiger partial charge in [0, 0.05) is 68.5 Å². The summed E-state index contributed by atoms with van der Waals surface area (Å²) in [6.07, 6.45) is -0.289. The molecule has 3 amide bonds. The van der Waals surface area contributed by atoms with Crippen molar-refractivity contribution in [1.29, 1.82) is 0 Å². The SMILES string of the molecule is C=C(C(C)(C)C)C(C)(O)COC(=O)CCC(N)C(N)=O.CC(C)(C)C(=O)C(C)(O)CO.NC(=O)C(N)CCC(=O)[O-].NC(=O)C(N)CCC(=O)[O-].[Ag+].[Ag].[Ag]. The van der Waals surface area contributed by atoms with Gasteiger partial charge in [-0.15, -0.1) is 0 Å². The monoisotopic (exact) mass is 1060 g/mol. The number of ether oxygens (including phenoxy) is 1. The summed E-state index contributed by atoms with van der Waals surface area (Å²) in [5, 5.41) is 47.9. The van der Waals surface area contributed by atoms with Gasteiger partial charge >= 0.3 is 28.3 Å². The number of carbonyl (C=O) groups is 7. The van der Waals surface area contributed by atoms with Gasteiger partial charge in [0.2, 0.25) is 17.7 Å². The van der Waals surface area contributed by atoms with E-state index in [1.54, 1.807) is 27.7 Å². The number of amides is 3. The zero-order valence-electron chi connectivity index (χ0n) is 31.9. The van der Waals surface area contributed by atoms with Crippen molar-refractivity contribution in [2.45, 2.75) is 123 Å². The second-order valence-corrected chi connectivity index (χ2v) is 14.1. The molecule has 0 aromatic rings. The summed E-state index contributed by atoms with van der Waals surface area (Å²) < 4.78 is 5.00. The molecule has 0 saturated carbocycles. The molecule has 0 rings (SSSR count). The molecule has 0 aliphatic heterocycles. The Bertz CT molecular complexity index is 1160. The van der Waals surface area contributed by atoms with Crippen molar-refractivity contribution in [1.82, 2.24) is 0 Å². The van der Waals surface area contributed by atoms with E-state index in [4.69, 9.17) is 44.2 Å². The normalized spacial score (nSPS) is 14.2. The predicted octanol–water partition coefficient (Wildman–Crippen LogP) is -4.53. The fourth-order valence-corrected chi connectivity index (χ4v) is 3.31. The van der Waals surface area contributed by atoms with Gasteiger partial charge in [-0.1, -0.05) is 48.1 Å². The van der Waals surface area contributed by atoms with Crippen LogP contribution in [0.25, 0.3) is 0 Å². The Morgan fingerprint density at radius 1 is 0.630 bits per heavy atom. The minimum Gasteiger partial charge on any atom is -0.550 e. The molecule has 5 unspecified atom stereocenters. The van der Waals surface area contributed by atoms with Crippen molar-refractivity contribution >= 4 is 41.4 Å². The zero-order chi connectivity index (χ0) is 41.7. The summed E-state index contributed by atoms with van der Waals surface area (Å²) >= 11 is 0. The summed E-state index contributed by atoms with van der Waals surface area (Å²) in [7, 11) is 0. The Hall–Kier alpha value is -1.79. The Balaban J connectivity index is -0.000000113. The number of primary amides is 3. The summed E-state index contributed by atoms with van der Waals surface area (Å²) in [6, 6.07) is -2.62. The third-order valence-corrected chi connectivity index (χ3v) is 6.62. The number of ketones is 1. The van der Waals surface area contributed by atoms with Gasteiger partial charge in [-0.2, -0.15) is 0 Å². The van der Waals surface area contributed by atoms with Crippen LogP contribution in [0.2, 0.25) is 0 Å². The maximum absolute atomic E-state index is 11.5.